The van der Waals surface area contributed by atoms with Gasteiger partial charge in [0.1, 0.15) is 20.2 Å². The van der Waals surface area contributed by atoms with Gasteiger partial charge < -0.3 is 9.11 Å². The quantitative estimate of drug-likeness (QED) is 0.189. The van der Waals surface area contributed by atoms with Gasteiger partial charge in [-0.15, -0.1) is 0 Å². The minimum atomic E-state index is -5.20. The summed E-state index contributed by atoms with van der Waals surface area (Å²) in [6, 6.07) is 11.0. The first-order chi connectivity index (χ1) is 15.2. The summed E-state index contributed by atoms with van der Waals surface area (Å²) < 4.78 is 72.2. The molecule has 0 aliphatic rings. The van der Waals surface area contributed by atoms with Crippen LogP contribution in [0.15, 0.2) is 52.3 Å². The van der Waals surface area contributed by atoms with Crippen LogP contribution in [0.4, 0.5) is 0 Å². The van der Waals surface area contributed by atoms with E-state index in [0.717, 1.165) is 25.7 Å². The molecule has 10 heteroatoms. The summed E-state index contributed by atoms with van der Waals surface area (Å²) in [4.78, 5) is -1.84. The Morgan fingerprint density at radius 1 is 0.618 bits per heavy atom. The molecule has 0 aliphatic heterocycles. The normalized spacial score (nSPS) is 11.5. The van der Waals surface area contributed by atoms with Gasteiger partial charge >= 0.3 is 59.1 Å². The van der Waals surface area contributed by atoms with Crippen LogP contribution in [0, 0.1) is 0 Å². The summed E-state index contributed by atoms with van der Waals surface area (Å²) in [6.45, 7) is 2.19. The second-order valence-corrected chi connectivity index (χ2v) is 10.8. The molecule has 2 rings (SSSR count). The Balaban J connectivity index is 0.00000544. The molecular formula is C24H32Na2O6S2. The average molecular weight is 527 g/mol. The van der Waals surface area contributed by atoms with Crippen molar-refractivity contribution in [3.63, 3.8) is 0 Å². The second-order valence-electron chi connectivity index (χ2n) is 8.14. The average Bonchev–Trinajstić information content (AvgIpc) is 2.74. The molecule has 0 N–H and O–H groups in total. The molecule has 0 unspecified atom stereocenters. The van der Waals surface area contributed by atoms with Crippen LogP contribution in [0.5, 0.6) is 0 Å². The van der Waals surface area contributed by atoms with Gasteiger partial charge in [-0.05, 0) is 24.0 Å². The number of rotatable bonds is 14. The molecule has 0 aromatic heterocycles. The van der Waals surface area contributed by atoms with Gasteiger partial charge in [0.25, 0.3) is 0 Å². The van der Waals surface area contributed by atoms with Crippen molar-refractivity contribution in [1.82, 2.24) is 0 Å². The largest absolute Gasteiger partial charge is 1.00 e. The minimum absolute atomic E-state index is 0. The molecule has 2 aromatic rings. The van der Waals surface area contributed by atoms with E-state index < -0.39 is 30.0 Å². The van der Waals surface area contributed by atoms with Gasteiger partial charge in [0.15, 0.2) is 0 Å². The maximum absolute atomic E-state index is 12.0. The zero-order valence-corrected chi connectivity index (χ0v) is 26.2. The third-order valence-electron chi connectivity index (χ3n) is 5.58. The zero-order chi connectivity index (χ0) is 23.6. The van der Waals surface area contributed by atoms with Crippen LogP contribution in [0.2, 0.25) is 0 Å². The minimum Gasteiger partial charge on any atom is -0.744 e. The fraction of sp³-hybridized carbons (Fsp3) is 0.500. The van der Waals surface area contributed by atoms with Crippen molar-refractivity contribution in [1.29, 1.82) is 0 Å². The van der Waals surface area contributed by atoms with Crippen molar-refractivity contribution in [2.75, 3.05) is 0 Å². The molecule has 0 atom stereocenters. The summed E-state index contributed by atoms with van der Waals surface area (Å²) in [5.41, 5.74) is 0.382. The first-order valence-corrected chi connectivity index (χ1v) is 14.1. The summed E-state index contributed by atoms with van der Waals surface area (Å²) in [5, 5.41) is 0. The number of unbranched alkanes of at least 4 members (excludes halogenated alkanes) is 9. The van der Waals surface area contributed by atoms with Crippen molar-refractivity contribution in [2.45, 2.75) is 87.3 Å². The Kier molecular flexibility index (Phi) is 17.0. The summed E-state index contributed by atoms with van der Waals surface area (Å²) in [5.74, 6) is 0. The number of hydrogen-bond acceptors (Lipinski definition) is 6. The maximum atomic E-state index is 12.0. The van der Waals surface area contributed by atoms with E-state index in [1.165, 1.54) is 44.2 Å². The van der Waals surface area contributed by atoms with Gasteiger partial charge in [-0.3, -0.25) is 0 Å². The topological polar surface area (TPSA) is 114 Å². The Hall–Kier alpha value is 0.260. The molecule has 6 nitrogen and oxygen atoms in total. The van der Waals surface area contributed by atoms with Crippen molar-refractivity contribution in [3.05, 3.63) is 48.0 Å². The molecule has 0 spiro atoms. The molecule has 0 aliphatic carbocycles. The number of hydrogen-bond donors (Lipinski definition) is 0. The molecule has 0 bridgehead atoms. The fourth-order valence-electron chi connectivity index (χ4n) is 3.97. The standard InChI is InChI=1S/C24H34O6S2.2Na/c1-2-3-4-5-6-7-8-9-10-12-17-21-18-19-22(20-15-13-11-14-16-20)24(32(28,29)30)23(21)31(25,26)27;;/h11,13-16,18-19H,2-10,12,17H2,1H3,(H,25,26,27)(H,28,29,30);;/q;2*+1/p-2. The van der Waals surface area contributed by atoms with E-state index in [2.05, 4.69) is 6.92 Å². The van der Waals surface area contributed by atoms with E-state index in [1.807, 2.05) is 0 Å². The van der Waals surface area contributed by atoms with Gasteiger partial charge in [0, 0.05) is 5.56 Å². The van der Waals surface area contributed by atoms with Gasteiger partial charge in [0.2, 0.25) is 0 Å². The third-order valence-corrected chi connectivity index (χ3v) is 7.60. The van der Waals surface area contributed by atoms with E-state index in [9.17, 15) is 25.9 Å². The maximum Gasteiger partial charge on any atom is 1.00 e. The van der Waals surface area contributed by atoms with Gasteiger partial charge in [-0.2, -0.15) is 0 Å². The van der Waals surface area contributed by atoms with Crippen LogP contribution in [-0.4, -0.2) is 25.9 Å². The van der Waals surface area contributed by atoms with Crippen molar-refractivity contribution < 1.29 is 85.1 Å². The van der Waals surface area contributed by atoms with Gasteiger partial charge in [0.05, 0.1) is 9.79 Å². The summed E-state index contributed by atoms with van der Waals surface area (Å²) >= 11 is 0. The van der Waals surface area contributed by atoms with Crippen LogP contribution >= 0.6 is 0 Å². The van der Waals surface area contributed by atoms with E-state index >= 15 is 0 Å². The van der Waals surface area contributed by atoms with Crippen molar-refractivity contribution >= 4 is 20.2 Å². The summed E-state index contributed by atoms with van der Waals surface area (Å²) in [7, 11) is -10.4. The number of benzene rings is 2. The predicted molar refractivity (Wildman–Crippen MR) is 123 cm³/mol. The molecular weight excluding hydrogens is 494 g/mol. The molecule has 0 fully saturated rings. The monoisotopic (exact) mass is 526 g/mol. The van der Waals surface area contributed by atoms with Crippen LogP contribution in [0.3, 0.4) is 0 Å². The van der Waals surface area contributed by atoms with Crippen LogP contribution in [0.1, 0.15) is 76.7 Å². The first kappa shape index (κ1) is 34.3. The van der Waals surface area contributed by atoms with Gasteiger partial charge in [-0.25, -0.2) is 16.8 Å². The molecule has 0 heterocycles. The smallest absolute Gasteiger partial charge is 0.744 e. The predicted octanol–water partition coefficient (Wildman–Crippen LogP) is -0.367. The molecule has 34 heavy (non-hydrogen) atoms. The van der Waals surface area contributed by atoms with E-state index in [4.69, 9.17) is 0 Å². The fourth-order valence-corrected chi connectivity index (χ4v) is 6.22. The van der Waals surface area contributed by atoms with Crippen LogP contribution in [0.25, 0.3) is 11.1 Å². The van der Waals surface area contributed by atoms with Crippen LogP contribution < -0.4 is 59.1 Å². The Morgan fingerprint density at radius 2 is 1.09 bits per heavy atom. The second kappa shape index (κ2) is 16.9. The van der Waals surface area contributed by atoms with E-state index in [0.29, 0.717) is 12.0 Å². The molecule has 0 amide bonds. The Morgan fingerprint density at radius 3 is 1.56 bits per heavy atom. The molecule has 178 valence electrons. The van der Waals surface area contributed by atoms with E-state index in [1.54, 1.807) is 30.3 Å². The first-order valence-electron chi connectivity index (χ1n) is 11.3. The molecule has 2 aromatic carbocycles. The van der Waals surface area contributed by atoms with Gasteiger partial charge in [-0.1, -0.05) is 107 Å². The number of aryl methyl sites for hydroxylation is 1. The Bertz CT molecular complexity index is 1070. The third kappa shape index (κ3) is 11.1. The van der Waals surface area contributed by atoms with Crippen molar-refractivity contribution in [2.24, 2.45) is 0 Å². The van der Waals surface area contributed by atoms with Crippen LogP contribution in [-0.2, 0) is 26.7 Å². The van der Waals surface area contributed by atoms with E-state index in [-0.39, 0.29) is 76.7 Å². The Labute approximate surface area is 249 Å². The summed E-state index contributed by atoms with van der Waals surface area (Å²) in [6.07, 6.45) is 11.1. The molecule has 0 saturated carbocycles. The SMILES string of the molecule is CCCCCCCCCCCCc1ccc(-c2ccccc2)c(S(=O)(=O)[O-])c1S(=O)(=O)[O-].[Na+].[Na+]. The molecule has 0 radical (unpaired) electrons. The van der Waals surface area contributed by atoms with Crippen molar-refractivity contribution in [3.8, 4) is 11.1 Å². The molecule has 0 saturated heterocycles. The zero-order valence-electron chi connectivity index (χ0n) is 20.6.